The second kappa shape index (κ2) is 11.5. The maximum atomic E-state index is 12.0. The Bertz CT molecular complexity index is 557. The molecule has 0 aliphatic heterocycles. The number of hydrogen-bond donors (Lipinski definition) is 0. The molecule has 1 amide bonds. The van der Waals surface area contributed by atoms with Crippen LogP contribution in [0.1, 0.15) is 6.92 Å². The summed E-state index contributed by atoms with van der Waals surface area (Å²) >= 11 is 0. The van der Waals surface area contributed by atoms with Gasteiger partial charge in [0, 0.05) is 35.4 Å². The maximum Gasteiger partial charge on any atom is 0.258 e. The van der Waals surface area contributed by atoms with Crippen LogP contribution in [-0.2, 0) is 28.6 Å². The first-order valence-electron chi connectivity index (χ1n) is 7.58. The number of aromatic nitrogens is 3. The van der Waals surface area contributed by atoms with E-state index in [2.05, 4.69) is 15.0 Å². The fraction of sp³-hybridized carbons (Fsp3) is 0.714. The van der Waals surface area contributed by atoms with Gasteiger partial charge in [0.1, 0.15) is 26.9 Å². The van der Waals surface area contributed by atoms with Gasteiger partial charge in [-0.25, -0.2) is 0 Å². The van der Waals surface area contributed by atoms with E-state index >= 15 is 0 Å². The topological polar surface area (TPSA) is 112 Å². The Kier molecular flexibility index (Phi) is 9.69. The number of amides is 1. The zero-order chi connectivity index (χ0) is 19.5. The van der Waals surface area contributed by atoms with E-state index in [0.29, 0.717) is 0 Å². The van der Waals surface area contributed by atoms with Crippen LogP contribution < -0.4 is 14.9 Å². The number of methoxy groups -OCH3 is 4. The Balaban J connectivity index is 3.43. The Morgan fingerprint density at radius 1 is 0.769 bits per heavy atom. The van der Waals surface area contributed by atoms with Crippen LogP contribution in [0.15, 0.2) is 0 Å². The third-order valence-electron chi connectivity index (χ3n) is 3.02. The molecule has 0 aromatic carbocycles. The van der Waals surface area contributed by atoms with Crippen LogP contribution in [0.5, 0.6) is 0 Å². The molecule has 1 aromatic heterocycles. The van der Waals surface area contributed by atoms with E-state index in [1.807, 2.05) is 0 Å². The first kappa shape index (κ1) is 21.9. The molecular formula is C14H26N6O6. The molecule has 0 saturated heterocycles. The molecule has 26 heavy (non-hydrogen) atoms. The summed E-state index contributed by atoms with van der Waals surface area (Å²) in [7, 11) is 7.48. The Labute approximate surface area is 152 Å². The molecule has 1 heterocycles. The highest BCUT2D eigenvalue weighted by atomic mass is 16.7. The third-order valence-corrected chi connectivity index (χ3v) is 3.02. The second-order valence-corrected chi connectivity index (χ2v) is 4.95. The SMILES string of the molecule is COCN(COC)c1nc(N(COC)OC)nc(N(COC)C(C)=O)n1. The predicted molar refractivity (Wildman–Crippen MR) is 92.5 cm³/mol. The van der Waals surface area contributed by atoms with Crippen molar-refractivity contribution >= 4 is 23.8 Å². The van der Waals surface area contributed by atoms with Gasteiger partial charge in [0.05, 0.1) is 7.11 Å². The molecule has 148 valence electrons. The fourth-order valence-corrected chi connectivity index (χ4v) is 1.91. The number of nitrogens with zero attached hydrogens (tertiary/aromatic N) is 6. The van der Waals surface area contributed by atoms with Gasteiger partial charge in [0.15, 0.2) is 0 Å². The van der Waals surface area contributed by atoms with Crippen LogP contribution >= 0.6 is 0 Å². The van der Waals surface area contributed by atoms with Gasteiger partial charge in [-0.15, -0.1) is 0 Å². The van der Waals surface area contributed by atoms with E-state index in [9.17, 15) is 4.79 Å². The van der Waals surface area contributed by atoms with E-state index < -0.39 is 0 Å². The lowest BCUT2D eigenvalue weighted by Gasteiger charge is -2.25. The quantitative estimate of drug-likeness (QED) is 0.358. The van der Waals surface area contributed by atoms with Gasteiger partial charge < -0.3 is 18.9 Å². The molecule has 1 rings (SSSR count). The molecule has 0 aliphatic carbocycles. The summed E-state index contributed by atoms with van der Waals surface area (Å²) in [6.45, 7) is 1.76. The number of carbonyl (C=O) groups is 1. The molecule has 0 unspecified atom stereocenters. The van der Waals surface area contributed by atoms with Gasteiger partial charge in [-0.2, -0.15) is 20.0 Å². The Hall–Kier alpha value is -2.12. The third kappa shape index (κ3) is 6.00. The van der Waals surface area contributed by atoms with Crippen LogP contribution in [0, 0.1) is 0 Å². The number of rotatable bonds is 12. The number of ether oxygens (including phenoxy) is 4. The van der Waals surface area contributed by atoms with Gasteiger partial charge >= 0.3 is 0 Å². The Morgan fingerprint density at radius 3 is 1.73 bits per heavy atom. The van der Waals surface area contributed by atoms with Crippen molar-refractivity contribution in [2.45, 2.75) is 6.92 Å². The van der Waals surface area contributed by atoms with Crippen LogP contribution in [-0.4, -0.2) is 83.3 Å². The average Bonchev–Trinajstić information content (AvgIpc) is 2.63. The number of anilines is 3. The van der Waals surface area contributed by atoms with E-state index in [-0.39, 0.29) is 50.7 Å². The first-order valence-corrected chi connectivity index (χ1v) is 7.58. The summed E-state index contributed by atoms with van der Waals surface area (Å²) in [5.74, 6) is 0.175. The van der Waals surface area contributed by atoms with Crippen molar-refractivity contribution in [1.82, 2.24) is 15.0 Å². The van der Waals surface area contributed by atoms with Gasteiger partial charge in [0.25, 0.3) is 5.95 Å². The lowest BCUT2D eigenvalue weighted by atomic mass is 10.6. The van der Waals surface area contributed by atoms with E-state index in [4.69, 9.17) is 23.8 Å². The number of carbonyl (C=O) groups excluding carboxylic acids is 1. The number of hydroxylamine groups is 1. The van der Waals surface area contributed by atoms with Crippen LogP contribution in [0.3, 0.4) is 0 Å². The lowest BCUT2D eigenvalue weighted by molar-refractivity contribution is -0.117. The van der Waals surface area contributed by atoms with Crippen molar-refractivity contribution in [2.24, 2.45) is 0 Å². The summed E-state index contributed by atoms with van der Waals surface area (Å²) in [5.41, 5.74) is 0. The zero-order valence-electron chi connectivity index (χ0n) is 16.0. The molecule has 12 nitrogen and oxygen atoms in total. The smallest absolute Gasteiger partial charge is 0.258 e. The lowest BCUT2D eigenvalue weighted by Crippen LogP contribution is -2.36. The molecule has 0 spiro atoms. The molecule has 0 radical (unpaired) electrons. The van der Waals surface area contributed by atoms with Gasteiger partial charge in [0.2, 0.25) is 17.8 Å². The van der Waals surface area contributed by atoms with Crippen molar-refractivity contribution < 1.29 is 28.6 Å². The van der Waals surface area contributed by atoms with Crippen LogP contribution in [0.25, 0.3) is 0 Å². The summed E-state index contributed by atoms with van der Waals surface area (Å²) < 4.78 is 20.4. The molecule has 0 bridgehead atoms. The largest absolute Gasteiger partial charge is 0.364 e. The summed E-state index contributed by atoms with van der Waals surface area (Å²) in [6, 6.07) is 0. The Morgan fingerprint density at radius 2 is 1.27 bits per heavy atom. The zero-order valence-corrected chi connectivity index (χ0v) is 16.0. The van der Waals surface area contributed by atoms with Crippen LogP contribution in [0.2, 0.25) is 0 Å². The van der Waals surface area contributed by atoms with Gasteiger partial charge in [-0.05, 0) is 0 Å². The molecule has 0 aliphatic rings. The number of hydrogen-bond acceptors (Lipinski definition) is 11. The standard InChI is InChI=1S/C14H26N6O6/c1-11(21)19(9-24-4)13-15-12(18(7-22-2)8-23-3)16-14(17-13)20(26-6)10-25-5/h7-10H2,1-6H3. The predicted octanol–water partition coefficient (Wildman–Crippen LogP) is -0.186. The molecule has 0 N–H and O–H groups in total. The fourth-order valence-electron chi connectivity index (χ4n) is 1.91. The highest BCUT2D eigenvalue weighted by Crippen LogP contribution is 2.19. The van der Waals surface area contributed by atoms with Crippen molar-refractivity contribution in [3.05, 3.63) is 0 Å². The second-order valence-electron chi connectivity index (χ2n) is 4.95. The highest BCUT2D eigenvalue weighted by Gasteiger charge is 2.22. The monoisotopic (exact) mass is 374 g/mol. The summed E-state index contributed by atoms with van der Waals surface area (Å²) in [5, 5.41) is 1.30. The average molecular weight is 374 g/mol. The van der Waals surface area contributed by atoms with Gasteiger partial charge in [-0.1, -0.05) is 0 Å². The summed E-state index contributed by atoms with van der Waals surface area (Å²) in [6.07, 6.45) is 0. The molecule has 12 heteroatoms. The normalized spacial score (nSPS) is 10.7. The van der Waals surface area contributed by atoms with Crippen molar-refractivity contribution in [3.63, 3.8) is 0 Å². The van der Waals surface area contributed by atoms with E-state index in [1.165, 1.54) is 52.4 Å². The van der Waals surface area contributed by atoms with E-state index in [1.54, 1.807) is 4.90 Å². The first-order chi connectivity index (χ1) is 12.5. The highest BCUT2D eigenvalue weighted by molar-refractivity contribution is 5.89. The van der Waals surface area contributed by atoms with Crippen molar-refractivity contribution in [3.8, 4) is 0 Å². The van der Waals surface area contributed by atoms with Crippen molar-refractivity contribution in [2.75, 3.05) is 77.3 Å². The summed E-state index contributed by atoms with van der Waals surface area (Å²) in [4.78, 5) is 33.0. The molecule has 1 aromatic rings. The molecular weight excluding hydrogens is 348 g/mol. The minimum absolute atomic E-state index is 0.0238. The van der Waals surface area contributed by atoms with Gasteiger partial charge in [-0.3, -0.25) is 19.4 Å². The molecule has 0 saturated carbocycles. The maximum absolute atomic E-state index is 12.0. The van der Waals surface area contributed by atoms with Crippen molar-refractivity contribution in [1.29, 1.82) is 0 Å². The molecule has 0 atom stereocenters. The van der Waals surface area contributed by atoms with Crippen LogP contribution in [0.4, 0.5) is 17.8 Å². The minimum Gasteiger partial charge on any atom is -0.364 e. The van der Waals surface area contributed by atoms with E-state index in [0.717, 1.165) is 0 Å². The minimum atomic E-state index is -0.296. The molecule has 0 fully saturated rings.